The highest BCUT2D eigenvalue weighted by Crippen LogP contribution is 2.18. The van der Waals surface area contributed by atoms with Crippen LogP contribution in [-0.4, -0.2) is 15.9 Å². The second-order valence-electron chi connectivity index (χ2n) is 3.93. The van der Waals surface area contributed by atoms with E-state index in [1.807, 2.05) is 0 Å². The van der Waals surface area contributed by atoms with Gasteiger partial charge in [0.1, 0.15) is 11.6 Å². The molecule has 0 spiro atoms. The maximum absolute atomic E-state index is 11.5. The van der Waals surface area contributed by atoms with Gasteiger partial charge in [-0.2, -0.15) is 9.97 Å². The van der Waals surface area contributed by atoms with Gasteiger partial charge in [-0.1, -0.05) is 6.07 Å². The Balaban J connectivity index is 2.27. The fourth-order valence-corrected chi connectivity index (χ4v) is 1.60. The van der Waals surface area contributed by atoms with E-state index in [0.29, 0.717) is 22.9 Å². The van der Waals surface area contributed by atoms with Crippen LogP contribution in [0.2, 0.25) is 0 Å². The Morgan fingerprint density at radius 2 is 1.67 bits per heavy atom. The molecule has 10 nitrogen and oxygen atoms in total. The fourth-order valence-electron chi connectivity index (χ4n) is 1.60. The minimum absolute atomic E-state index is 0.253. The van der Waals surface area contributed by atoms with Crippen LogP contribution in [0, 0.1) is 0 Å². The highest BCUT2D eigenvalue weighted by atomic mass is 16.2. The van der Waals surface area contributed by atoms with E-state index < -0.39 is 5.91 Å². The average Bonchev–Trinajstić information content (AvgIpc) is 2.53. The molecule has 110 valence electrons. The van der Waals surface area contributed by atoms with Gasteiger partial charge in [-0.3, -0.25) is 10.2 Å². The third-order valence-corrected chi connectivity index (χ3v) is 2.53. The van der Waals surface area contributed by atoms with Gasteiger partial charge in [0.2, 0.25) is 5.95 Å². The quantitative estimate of drug-likeness (QED) is 0.216. The van der Waals surface area contributed by atoms with Crippen molar-refractivity contribution < 1.29 is 4.79 Å². The maximum atomic E-state index is 11.5. The lowest BCUT2D eigenvalue weighted by atomic mass is 10.2. The van der Waals surface area contributed by atoms with E-state index in [1.165, 1.54) is 6.07 Å². The minimum Gasteiger partial charge on any atom is -0.324 e. The Kier molecular flexibility index (Phi) is 4.46. The largest absolute Gasteiger partial charge is 0.324 e. The molecule has 10 heteroatoms. The smallest absolute Gasteiger partial charge is 0.265 e. The number of amides is 1. The van der Waals surface area contributed by atoms with Gasteiger partial charge in [-0.05, 0) is 18.2 Å². The molecule has 0 fully saturated rings. The van der Waals surface area contributed by atoms with Crippen molar-refractivity contribution in [3.8, 4) is 0 Å². The summed E-state index contributed by atoms with van der Waals surface area (Å²) in [5.41, 5.74) is 7.86. The molecule has 2 rings (SSSR count). The summed E-state index contributed by atoms with van der Waals surface area (Å²) in [6, 6.07) is 8.20. The number of aromatic nitrogens is 2. The Hall–Kier alpha value is -2.95. The normalized spacial score (nSPS) is 9.86. The lowest BCUT2D eigenvalue weighted by Crippen LogP contribution is -2.29. The number of carbonyl (C=O) groups is 1. The first-order valence-corrected chi connectivity index (χ1v) is 5.86. The second kappa shape index (κ2) is 6.47. The van der Waals surface area contributed by atoms with Gasteiger partial charge in [0.15, 0.2) is 0 Å². The van der Waals surface area contributed by atoms with Crippen LogP contribution in [0.15, 0.2) is 30.3 Å². The average molecular weight is 289 g/mol. The third kappa shape index (κ3) is 3.54. The van der Waals surface area contributed by atoms with Crippen LogP contribution in [0.4, 0.5) is 23.3 Å². The van der Waals surface area contributed by atoms with Gasteiger partial charge >= 0.3 is 0 Å². The summed E-state index contributed by atoms with van der Waals surface area (Å²) >= 11 is 0. The van der Waals surface area contributed by atoms with Gasteiger partial charge in [-0.15, -0.1) is 0 Å². The molecule has 0 bridgehead atoms. The van der Waals surface area contributed by atoms with Gasteiger partial charge in [0.25, 0.3) is 5.91 Å². The first-order valence-electron chi connectivity index (χ1n) is 5.86. The van der Waals surface area contributed by atoms with Gasteiger partial charge in [0.05, 0.1) is 0 Å². The summed E-state index contributed by atoms with van der Waals surface area (Å²) in [6.07, 6.45) is 0. The van der Waals surface area contributed by atoms with Crippen molar-refractivity contribution in [1.82, 2.24) is 15.4 Å². The summed E-state index contributed by atoms with van der Waals surface area (Å²) in [6.45, 7) is 0. The molecule has 0 radical (unpaired) electrons. The molecule has 0 unspecified atom stereocenters. The van der Waals surface area contributed by atoms with Crippen LogP contribution < -0.4 is 39.1 Å². The maximum Gasteiger partial charge on any atom is 0.265 e. The summed E-state index contributed by atoms with van der Waals surface area (Å²) in [5.74, 6) is 16.3. The van der Waals surface area contributed by atoms with E-state index in [9.17, 15) is 4.79 Å². The Labute approximate surface area is 120 Å². The third-order valence-electron chi connectivity index (χ3n) is 2.53. The number of nitrogens with zero attached hydrogens (tertiary/aromatic N) is 2. The molecule has 0 aliphatic carbocycles. The van der Waals surface area contributed by atoms with Crippen LogP contribution >= 0.6 is 0 Å². The summed E-state index contributed by atoms with van der Waals surface area (Å²) in [5, 5.41) is 2.94. The van der Waals surface area contributed by atoms with Crippen LogP contribution in [0.5, 0.6) is 0 Å². The fraction of sp³-hybridized carbons (Fsp3) is 0. The number of benzene rings is 1. The first-order chi connectivity index (χ1) is 10.2. The van der Waals surface area contributed by atoms with Crippen molar-refractivity contribution in [3.63, 3.8) is 0 Å². The van der Waals surface area contributed by atoms with E-state index in [2.05, 4.69) is 31.6 Å². The second-order valence-corrected chi connectivity index (χ2v) is 3.93. The molecule has 1 aromatic heterocycles. The first kappa shape index (κ1) is 14.5. The minimum atomic E-state index is -0.402. The Morgan fingerprint density at radius 1 is 1.00 bits per heavy atom. The number of hydrogen-bond donors (Lipinski definition) is 7. The topological polar surface area (TPSA) is 169 Å². The molecule has 0 aliphatic heterocycles. The lowest BCUT2D eigenvalue weighted by Gasteiger charge is -2.09. The van der Waals surface area contributed by atoms with Crippen molar-refractivity contribution in [2.45, 2.75) is 0 Å². The number of rotatable bonds is 5. The molecule has 0 saturated carbocycles. The standard InChI is InChI=1S/C11H15N9O/c12-18-8-5-9(19-13)17-11(16-8)15-7-3-1-2-6(4-7)10(21)20-14/h1-5H,12-14H2,(H,20,21)(H3,15,16,17,18,19). The zero-order chi connectivity index (χ0) is 15.2. The van der Waals surface area contributed by atoms with Crippen molar-refractivity contribution in [1.29, 1.82) is 0 Å². The van der Waals surface area contributed by atoms with Gasteiger partial charge in [0, 0.05) is 17.3 Å². The van der Waals surface area contributed by atoms with Gasteiger partial charge in [-0.25, -0.2) is 17.5 Å². The molecule has 2 aromatic rings. The molecular weight excluding hydrogens is 274 g/mol. The number of nitrogen functional groups attached to an aromatic ring is 3. The number of anilines is 4. The number of hydrogen-bond acceptors (Lipinski definition) is 9. The lowest BCUT2D eigenvalue weighted by molar-refractivity contribution is 0.0953. The molecular formula is C11H15N9O. The van der Waals surface area contributed by atoms with Crippen molar-refractivity contribution in [2.75, 3.05) is 16.2 Å². The van der Waals surface area contributed by atoms with Crippen molar-refractivity contribution in [3.05, 3.63) is 35.9 Å². The van der Waals surface area contributed by atoms with Crippen LogP contribution in [-0.2, 0) is 0 Å². The molecule has 0 saturated heterocycles. The zero-order valence-electron chi connectivity index (χ0n) is 10.9. The van der Waals surface area contributed by atoms with E-state index in [0.717, 1.165) is 0 Å². The van der Waals surface area contributed by atoms with Gasteiger partial charge < -0.3 is 16.2 Å². The van der Waals surface area contributed by atoms with E-state index in [-0.39, 0.29) is 5.95 Å². The van der Waals surface area contributed by atoms with Crippen LogP contribution in [0.1, 0.15) is 10.4 Å². The number of nitrogens with one attached hydrogen (secondary N) is 4. The van der Waals surface area contributed by atoms with E-state index in [4.69, 9.17) is 17.5 Å². The highest BCUT2D eigenvalue weighted by Gasteiger charge is 2.07. The molecule has 1 heterocycles. The molecule has 10 N–H and O–H groups in total. The van der Waals surface area contributed by atoms with Crippen LogP contribution in [0.3, 0.4) is 0 Å². The number of nitrogens with two attached hydrogens (primary N) is 3. The number of hydrazine groups is 3. The van der Waals surface area contributed by atoms with Crippen molar-refractivity contribution >= 4 is 29.2 Å². The van der Waals surface area contributed by atoms with E-state index >= 15 is 0 Å². The zero-order valence-corrected chi connectivity index (χ0v) is 10.9. The molecule has 21 heavy (non-hydrogen) atoms. The SMILES string of the molecule is NNC(=O)c1cccc(Nc2nc(NN)cc(NN)n2)c1. The highest BCUT2D eigenvalue weighted by molar-refractivity contribution is 5.94. The summed E-state index contributed by atoms with van der Waals surface area (Å²) < 4.78 is 0. The van der Waals surface area contributed by atoms with Crippen LogP contribution in [0.25, 0.3) is 0 Å². The monoisotopic (exact) mass is 289 g/mol. The van der Waals surface area contributed by atoms with Crippen molar-refractivity contribution in [2.24, 2.45) is 17.5 Å². The molecule has 1 aromatic carbocycles. The molecule has 0 atom stereocenters. The predicted octanol–water partition coefficient (Wildman–Crippen LogP) is -0.605. The molecule has 0 aliphatic rings. The Bertz CT molecular complexity index is 623. The molecule has 1 amide bonds. The number of carbonyl (C=O) groups excluding carboxylic acids is 1. The Morgan fingerprint density at radius 3 is 2.24 bits per heavy atom. The van der Waals surface area contributed by atoms with E-state index in [1.54, 1.807) is 24.3 Å². The summed E-state index contributed by atoms with van der Waals surface area (Å²) in [7, 11) is 0. The predicted molar refractivity (Wildman–Crippen MR) is 79.0 cm³/mol. The summed E-state index contributed by atoms with van der Waals surface area (Å²) in [4.78, 5) is 19.7.